The minimum Gasteiger partial charge on any atom is -0.325 e. The number of hydrogen-bond acceptors (Lipinski definition) is 6. The summed E-state index contributed by atoms with van der Waals surface area (Å²) in [5.41, 5.74) is 7.56. The van der Waals surface area contributed by atoms with Crippen LogP contribution in [0.5, 0.6) is 0 Å². The first kappa shape index (κ1) is 37.8. The largest absolute Gasteiger partial charge is 0.325 e. The van der Waals surface area contributed by atoms with Gasteiger partial charge in [0.2, 0.25) is 12.3 Å². The molecule has 2 rings (SSSR count). The number of hydrogen-bond donors (Lipinski definition) is 4. The van der Waals surface area contributed by atoms with Gasteiger partial charge in [0.1, 0.15) is 0 Å². The second-order valence-electron chi connectivity index (χ2n) is 6.19. The van der Waals surface area contributed by atoms with Crippen molar-refractivity contribution in [1.82, 2.24) is 5.43 Å². The second kappa shape index (κ2) is 22.7. The van der Waals surface area contributed by atoms with Gasteiger partial charge in [0.05, 0.1) is 16.3 Å². The Morgan fingerprint density at radius 2 is 1.32 bits per heavy atom. The van der Waals surface area contributed by atoms with Crippen molar-refractivity contribution < 1.29 is 18.0 Å². The van der Waals surface area contributed by atoms with Crippen LogP contribution < -0.4 is 20.9 Å². The summed E-state index contributed by atoms with van der Waals surface area (Å²) in [4.78, 5) is 22.4. The topological polar surface area (TPSA) is 116 Å². The van der Waals surface area contributed by atoms with E-state index in [2.05, 4.69) is 73.5 Å². The van der Waals surface area contributed by atoms with Crippen molar-refractivity contribution in [3.8, 4) is 0 Å². The van der Waals surface area contributed by atoms with Crippen LogP contribution in [0.2, 0.25) is 0 Å². The molecule has 2 aromatic carbocycles. The Bertz CT molecular complexity index is 1010. The van der Waals surface area contributed by atoms with Crippen LogP contribution >= 0.6 is 11.8 Å². The van der Waals surface area contributed by atoms with Crippen LogP contribution in [0.3, 0.4) is 0 Å². The molecule has 0 atom stereocenters. The minimum atomic E-state index is -3.82. The average Bonchev–Trinajstić information content (AvgIpc) is 2.91. The Balaban J connectivity index is -0.00000131. The first-order valence-electron chi connectivity index (χ1n) is 10.8. The first-order valence-corrected chi connectivity index (χ1v) is 13.5. The number of nitrogens with one attached hydrogen (secondary N) is 4. The SMILES string of the molecule is C=C.C=C.C=C.C=C.CCSCC(=O)Nc1cc(C)c(S(=O)(=O)Nc2ccc(NNC=O)cc2)c(C)c1. The smallest absolute Gasteiger partial charge is 0.262 e. The van der Waals surface area contributed by atoms with Crippen LogP contribution in [-0.2, 0) is 19.6 Å². The maximum absolute atomic E-state index is 12.9. The lowest BCUT2D eigenvalue weighted by atomic mass is 10.1. The molecule has 2 aromatic rings. The number of rotatable bonds is 10. The van der Waals surface area contributed by atoms with Gasteiger partial charge in [-0.05, 0) is 67.1 Å². The zero-order valence-electron chi connectivity index (χ0n) is 22.1. The molecule has 204 valence electrons. The number of carbonyl (C=O) groups is 2. The van der Waals surface area contributed by atoms with Gasteiger partial charge in [0, 0.05) is 11.4 Å². The molecular weight excluding hydrogens is 508 g/mol. The minimum absolute atomic E-state index is 0.123. The first-order chi connectivity index (χ1) is 17.8. The summed E-state index contributed by atoms with van der Waals surface area (Å²) in [6.07, 6.45) is 0.497. The van der Waals surface area contributed by atoms with Crippen molar-refractivity contribution in [2.45, 2.75) is 25.7 Å². The maximum atomic E-state index is 12.9. The monoisotopic (exact) mass is 548 g/mol. The highest BCUT2D eigenvalue weighted by Gasteiger charge is 2.21. The third-order valence-electron chi connectivity index (χ3n) is 3.86. The molecule has 0 aliphatic carbocycles. The molecule has 0 heterocycles. The van der Waals surface area contributed by atoms with Gasteiger partial charge in [-0.1, -0.05) is 6.92 Å². The van der Waals surface area contributed by atoms with Gasteiger partial charge in [0.15, 0.2) is 0 Å². The van der Waals surface area contributed by atoms with E-state index in [1.807, 2.05) is 6.92 Å². The van der Waals surface area contributed by atoms with Crippen LogP contribution in [0.4, 0.5) is 17.1 Å². The van der Waals surface area contributed by atoms with Gasteiger partial charge in [0.25, 0.3) is 10.0 Å². The lowest BCUT2D eigenvalue weighted by Crippen LogP contribution is -2.19. The van der Waals surface area contributed by atoms with Crippen molar-refractivity contribution in [3.05, 3.63) is 100 Å². The Labute approximate surface area is 227 Å². The van der Waals surface area contributed by atoms with E-state index >= 15 is 0 Å². The van der Waals surface area contributed by atoms with Gasteiger partial charge in [-0.25, -0.2) is 8.42 Å². The van der Waals surface area contributed by atoms with Crippen molar-refractivity contribution in [2.75, 3.05) is 27.0 Å². The molecule has 8 nitrogen and oxygen atoms in total. The summed E-state index contributed by atoms with van der Waals surface area (Å²) >= 11 is 1.51. The molecule has 0 saturated carbocycles. The van der Waals surface area contributed by atoms with Crippen molar-refractivity contribution in [1.29, 1.82) is 0 Å². The summed E-state index contributed by atoms with van der Waals surface area (Å²) in [6.45, 7) is 29.4. The predicted molar refractivity (Wildman–Crippen MR) is 163 cm³/mol. The van der Waals surface area contributed by atoms with Crippen molar-refractivity contribution in [3.63, 3.8) is 0 Å². The fraction of sp³-hybridized carbons (Fsp3) is 0.185. The number of benzene rings is 2. The van der Waals surface area contributed by atoms with Crippen LogP contribution in [0.25, 0.3) is 0 Å². The number of carbonyl (C=O) groups excluding carboxylic acids is 2. The fourth-order valence-corrected chi connectivity index (χ4v) is 4.75. The summed E-state index contributed by atoms with van der Waals surface area (Å²) < 4.78 is 28.3. The molecule has 0 saturated heterocycles. The third-order valence-corrected chi connectivity index (χ3v) is 6.42. The molecular formula is C27H40N4O4S2. The second-order valence-corrected chi connectivity index (χ2v) is 9.09. The van der Waals surface area contributed by atoms with Gasteiger partial charge < -0.3 is 5.32 Å². The van der Waals surface area contributed by atoms with Crippen LogP contribution in [0.1, 0.15) is 18.1 Å². The summed E-state index contributed by atoms with van der Waals surface area (Å²) in [7, 11) is -3.82. The van der Waals surface area contributed by atoms with E-state index in [4.69, 9.17) is 0 Å². The van der Waals surface area contributed by atoms with E-state index in [9.17, 15) is 18.0 Å². The van der Waals surface area contributed by atoms with E-state index in [1.165, 1.54) is 11.8 Å². The van der Waals surface area contributed by atoms with Crippen molar-refractivity contribution >= 4 is 51.2 Å². The Morgan fingerprint density at radius 1 is 0.865 bits per heavy atom. The average molecular weight is 549 g/mol. The van der Waals surface area contributed by atoms with Gasteiger partial charge in [-0.2, -0.15) is 11.8 Å². The standard InChI is InChI=1S/C19H24N4O4S2.4C2H4/c1-4-28-11-18(25)21-17-9-13(2)19(14(3)10-17)29(26,27)23-16-7-5-15(6-8-16)22-20-12-24;4*1-2/h5-10,12,22-23H,4,11H2,1-3H3,(H,20,24)(H,21,25);4*1-2H2. The number of sulfonamides is 1. The summed E-state index contributed by atoms with van der Waals surface area (Å²) in [6, 6.07) is 9.71. The van der Waals surface area contributed by atoms with E-state index in [-0.39, 0.29) is 10.8 Å². The summed E-state index contributed by atoms with van der Waals surface area (Å²) in [5, 5.41) is 2.80. The lowest BCUT2D eigenvalue weighted by Gasteiger charge is -2.15. The number of aryl methyl sites for hydroxylation is 2. The van der Waals surface area contributed by atoms with Gasteiger partial charge >= 0.3 is 0 Å². The maximum Gasteiger partial charge on any atom is 0.262 e. The van der Waals surface area contributed by atoms with Gasteiger partial charge in [-0.3, -0.25) is 25.2 Å². The van der Waals surface area contributed by atoms with Crippen LogP contribution in [0, 0.1) is 13.8 Å². The Morgan fingerprint density at radius 3 is 1.76 bits per heavy atom. The Hall–Kier alpha value is -3.76. The zero-order valence-corrected chi connectivity index (χ0v) is 23.7. The molecule has 0 aliphatic heterocycles. The van der Waals surface area contributed by atoms with E-state index in [0.717, 1.165) is 5.75 Å². The van der Waals surface area contributed by atoms with Crippen LogP contribution in [0.15, 0.2) is 93.9 Å². The molecule has 10 heteroatoms. The molecule has 0 aromatic heterocycles. The highest BCUT2D eigenvalue weighted by molar-refractivity contribution is 7.99. The summed E-state index contributed by atoms with van der Waals surface area (Å²) in [5.74, 6) is 1.07. The van der Waals surface area contributed by atoms with Crippen molar-refractivity contribution in [2.24, 2.45) is 0 Å². The normalized spacial score (nSPS) is 8.95. The molecule has 0 spiro atoms. The van der Waals surface area contributed by atoms with E-state index in [1.54, 1.807) is 50.2 Å². The highest BCUT2D eigenvalue weighted by atomic mass is 32.2. The number of hydrazine groups is 1. The predicted octanol–water partition coefficient (Wildman–Crippen LogP) is 6.08. The number of amides is 2. The number of anilines is 3. The highest BCUT2D eigenvalue weighted by Crippen LogP contribution is 2.27. The number of thioether (sulfide) groups is 1. The molecule has 4 N–H and O–H groups in total. The molecule has 0 bridgehead atoms. The molecule has 0 unspecified atom stereocenters. The quantitative estimate of drug-likeness (QED) is 0.162. The lowest BCUT2D eigenvalue weighted by molar-refractivity contribution is -0.113. The van der Waals surface area contributed by atoms with Gasteiger partial charge in [-0.15, -0.1) is 52.6 Å². The fourth-order valence-electron chi connectivity index (χ4n) is 2.78. The molecule has 0 radical (unpaired) electrons. The third kappa shape index (κ3) is 14.4. The molecule has 0 aliphatic rings. The molecule has 0 fully saturated rings. The van der Waals surface area contributed by atoms with E-state index in [0.29, 0.717) is 40.4 Å². The molecule has 2 amide bonds. The molecule has 37 heavy (non-hydrogen) atoms. The zero-order chi connectivity index (χ0) is 29.4. The Kier molecular flexibility index (Phi) is 23.2. The van der Waals surface area contributed by atoms with Crippen LogP contribution in [-0.4, -0.2) is 32.2 Å². The van der Waals surface area contributed by atoms with E-state index < -0.39 is 10.0 Å².